The topological polar surface area (TPSA) is 61.9 Å². The summed E-state index contributed by atoms with van der Waals surface area (Å²) in [5.41, 5.74) is 4.51. The van der Waals surface area contributed by atoms with Crippen LogP contribution in [0.3, 0.4) is 0 Å². The van der Waals surface area contributed by atoms with Gasteiger partial charge in [0.15, 0.2) is 10.9 Å². The summed E-state index contributed by atoms with van der Waals surface area (Å²) in [5, 5.41) is 2.92. The van der Waals surface area contributed by atoms with E-state index in [1.807, 2.05) is 85.7 Å². The molecule has 1 aliphatic heterocycles. The minimum atomic E-state index is -0.223. The number of thioether (sulfide) groups is 1. The first-order valence-corrected chi connectivity index (χ1v) is 13.1. The van der Waals surface area contributed by atoms with E-state index < -0.39 is 0 Å². The summed E-state index contributed by atoms with van der Waals surface area (Å²) in [6.45, 7) is 4.07. The molecular formula is C29H29N3O3S2. The second kappa shape index (κ2) is 11.6. The Morgan fingerprint density at radius 3 is 2.38 bits per heavy atom. The van der Waals surface area contributed by atoms with Crippen molar-refractivity contribution in [2.45, 2.75) is 19.8 Å². The molecule has 3 aromatic carbocycles. The molecule has 0 unspecified atom stereocenters. The van der Waals surface area contributed by atoms with Crippen LogP contribution in [0.25, 0.3) is 6.08 Å². The number of carbonyl (C=O) groups excluding carboxylic acids is 2. The molecule has 1 saturated heterocycles. The van der Waals surface area contributed by atoms with Crippen molar-refractivity contribution in [1.29, 1.82) is 0 Å². The number of nitrogens with zero attached hydrogens (tertiary/aromatic N) is 2. The van der Waals surface area contributed by atoms with Crippen LogP contribution in [0.1, 0.15) is 30.9 Å². The maximum absolute atomic E-state index is 13.1. The molecule has 0 aromatic heterocycles. The van der Waals surface area contributed by atoms with Crippen LogP contribution in [0.2, 0.25) is 0 Å². The Kier molecular flexibility index (Phi) is 8.31. The molecule has 0 bridgehead atoms. The van der Waals surface area contributed by atoms with Gasteiger partial charge in [0.2, 0.25) is 0 Å². The van der Waals surface area contributed by atoms with E-state index in [2.05, 4.69) is 19.2 Å². The summed E-state index contributed by atoms with van der Waals surface area (Å²) in [6.07, 6.45) is 1.81. The molecule has 1 fully saturated rings. The Morgan fingerprint density at radius 1 is 1.05 bits per heavy atom. The standard InChI is InChI=1S/C29H29N3O3S2/c1-19(2)24-7-5-6-8-25(24)30-27(33)18-35-23-15-9-20(10-16-23)17-26-28(34)32(29(36)37-26)22-13-11-21(12-14-22)31(3)4/h5-17,19H,18H2,1-4H3,(H,30,33)/b26-17+. The lowest BCUT2D eigenvalue weighted by atomic mass is 10.0. The van der Waals surface area contributed by atoms with Crippen molar-refractivity contribution in [2.24, 2.45) is 0 Å². The van der Waals surface area contributed by atoms with Crippen LogP contribution < -0.4 is 19.9 Å². The monoisotopic (exact) mass is 531 g/mol. The van der Waals surface area contributed by atoms with E-state index in [9.17, 15) is 9.59 Å². The fraction of sp³-hybridized carbons (Fsp3) is 0.207. The van der Waals surface area contributed by atoms with E-state index in [-0.39, 0.29) is 18.4 Å². The molecule has 0 aliphatic carbocycles. The Labute approximate surface area is 227 Å². The van der Waals surface area contributed by atoms with Crippen LogP contribution in [0.5, 0.6) is 5.75 Å². The van der Waals surface area contributed by atoms with Gasteiger partial charge in [-0.25, -0.2) is 0 Å². The van der Waals surface area contributed by atoms with Gasteiger partial charge in [-0.1, -0.05) is 68.2 Å². The molecule has 1 N–H and O–H groups in total. The van der Waals surface area contributed by atoms with E-state index in [1.165, 1.54) is 11.8 Å². The Balaban J connectivity index is 1.37. The van der Waals surface area contributed by atoms with Crippen molar-refractivity contribution in [3.05, 3.63) is 88.8 Å². The lowest BCUT2D eigenvalue weighted by molar-refractivity contribution is -0.118. The zero-order chi connectivity index (χ0) is 26.5. The minimum absolute atomic E-state index is 0.100. The summed E-state index contributed by atoms with van der Waals surface area (Å²) in [7, 11) is 3.94. The van der Waals surface area contributed by atoms with Gasteiger partial charge < -0.3 is 15.0 Å². The van der Waals surface area contributed by atoms with Gasteiger partial charge in [-0.05, 0) is 65.6 Å². The van der Waals surface area contributed by atoms with Gasteiger partial charge in [-0.2, -0.15) is 0 Å². The third kappa shape index (κ3) is 6.39. The van der Waals surface area contributed by atoms with Crippen molar-refractivity contribution in [3.8, 4) is 5.75 Å². The predicted octanol–water partition coefficient (Wildman–Crippen LogP) is 6.30. The Bertz CT molecular complexity index is 1330. The van der Waals surface area contributed by atoms with Gasteiger partial charge in [-0.15, -0.1) is 0 Å². The third-order valence-corrected chi connectivity index (χ3v) is 7.12. The fourth-order valence-corrected chi connectivity index (χ4v) is 5.15. The summed E-state index contributed by atoms with van der Waals surface area (Å²) >= 11 is 6.76. The highest BCUT2D eigenvalue weighted by Crippen LogP contribution is 2.36. The predicted molar refractivity (Wildman–Crippen MR) is 158 cm³/mol. The molecule has 0 spiro atoms. The molecule has 3 aromatic rings. The second-order valence-electron chi connectivity index (χ2n) is 9.08. The smallest absolute Gasteiger partial charge is 0.270 e. The molecule has 0 radical (unpaired) electrons. The van der Waals surface area contributed by atoms with E-state index in [0.717, 1.165) is 28.2 Å². The SMILES string of the molecule is CC(C)c1ccccc1NC(=O)COc1ccc(/C=C2/SC(=S)N(c3ccc(N(C)C)cc3)C2=O)cc1. The van der Waals surface area contributed by atoms with E-state index in [0.29, 0.717) is 20.9 Å². The van der Waals surface area contributed by atoms with Gasteiger partial charge >= 0.3 is 0 Å². The number of thiocarbonyl (C=S) groups is 1. The van der Waals surface area contributed by atoms with Gasteiger partial charge in [0.1, 0.15) is 5.75 Å². The lowest BCUT2D eigenvalue weighted by Crippen LogP contribution is -2.27. The van der Waals surface area contributed by atoms with Gasteiger partial charge in [0.25, 0.3) is 11.8 Å². The number of hydrogen-bond acceptors (Lipinski definition) is 6. The molecular weight excluding hydrogens is 502 g/mol. The van der Waals surface area contributed by atoms with Crippen LogP contribution in [0.15, 0.2) is 77.7 Å². The second-order valence-corrected chi connectivity index (χ2v) is 10.8. The zero-order valence-electron chi connectivity index (χ0n) is 21.2. The summed E-state index contributed by atoms with van der Waals surface area (Å²) < 4.78 is 6.17. The van der Waals surface area contributed by atoms with Crippen molar-refractivity contribution < 1.29 is 14.3 Å². The average molecular weight is 532 g/mol. The first-order chi connectivity index (χ1) is 17.7. The summed E-state index contributed by atoms with van der Waals surface area (Å²) in [5.74, 6) is 0.498. The average Bonchev–Trinajstić information content (AvgIpc) is 3.16. The van der Waals surface area contributed by atoms with Gasteiger partial charge in [-0.3, -0.25) is 14.5 Å². The number of rotatable bonds is 8. The first kappa shape index (κ1) is 26.4. The Morgan fingerprint density at radius 2 is 1.73 bits per heavy atom. The number of hydrogen-bond donors (Lipinski definition) is 1. The van der Waals surface area contributed by atoms with Crippen LogP contribution in [0.4, 0.5) is 17.1 Å². The normalized spacial score (nSPS) is 14.4. The van der Waals surface area contributed by atoms with Crippen LogP contribution in [0, 0.1) is 0 Å². The van der Waals surface area contributed by atoms with Crippen molar-refractivity contribution in [2.75, 3.05) is 35.8 Å². The van der Waals surface area contributed by atoms with E-state index >= 15 is 0 Å². The third-order valence-electron chi connectivity index (χ3n) is 5.82. The van der Waals surface area contributed by atoms with Crippen molar-refractivity contribution in [3.63, 3.8) is 0 Å². The molecule has 8 heteroatoms. The minimum Gasteiger partial charge on any atom is -0.484 e. The number of para-hydroxylation sites is 1. The lowest BCUT2D eigenvalue weighted by Gasteiger charge is -2.17. The summed E-state index contributed by atoms with van der Waals surface area (Å²) in [4.78, 5) is 29.6. The molecule has 6 nitrogen and oxygen atoms in total. The van der Waals surface area contributed by atoms with Crippen LogP contribution in [-0.4, -0.2) is 36.8 Å². The molecule has 2 amide bonds. The van der Waals surface area contributed by atoms with E-state index in [4.69, 9.17) is 17.0 Å². The molecule has 190 valence electrons. The molecule has 0 atom stereocenters. The van der Waals surface area contributed by atoms with Crippen molar-refractivity contribution >= 4 is 63.3 Å². The number of carbonyl (C=O) groups is 2. The largest absolute Gasteiger partial charge is 0.484 e. The number of benzene rings is 3. The van der Waals surface area contributed by atoms with Gasteiger partial charge in [0, 0.05) is 25.5 Å². The quantitative estimate of drug-likeness (QED) is 0.272. The highest BCUT2D eigenvalue weighted by atomic mass is 32.2. The summed E-state index contributed by atoms with van der Waals surface area (Å²) in [6, 6.07) is 22.7. The molecule has 1 aliphatic rings. The molecule has 1 heterocycles. The molecule has 37 heavy (non-hydrogen) atoms. The van der Waals surface area contributed by atoms with Crippen molar-refractivity contribution in [1.82, 2.24) is 0 Å². The highest BCUT2D eigenvalue weighted by molar-refractivity contribution is 8.27. The van der Waals surface area contributed by atoms with Crippen LogP contribution >= 0.6 is 24.0 Å². The first-order valence-electron chi connectivity index (χ1n) is 11.9. The van der Waals surface area contributed by atoms with Gasteiger partial charge in [0.05, 0.1) is 10.6 Å². The maximum Gasteiger partial charge on any atom is 0.270 e. The number of ether oxygens (including phenoxy) is 1. The van der Waals surface area contributed by atoms with Crippen LogP contribution in [-0.2, 0) is 9.59 Å². The maximum atomic E-state index is 13.1. The highest BCUT2D eigenvalue weighted by Gasteiger charge is 2.33. The zero-order valence-corrected chi connectivity index (χ0v) is 22.9. The number of anilines is 3. The number of amides is 2. The molecule has 0 saturated carbocycles. The number of nitrogens with one attached hydrogen (secondary N) is 1. The fourth-order valence-electron chi connectivity index (χ4n) is 3.85. The Hall–Kier alpha value is -3.62. The van der Waals surface area contributed by atoms with E-state index in [1.54, 1.807) is 17.0 Å². The molecule has 4 rings (SSSR count).